The molecule has 0 aliphatic carbocycles. The van der Waals surface area contributed by atoms with Crippen molar-refractivity contribution in [1.29, 1.82) is 0 Å². The molecule has 6 heteroatoms. The van der Waals surface area contributed by atoms with Gasteiger partial charge in [-0.15, -0.1) is 10.2 Å². The van der Waals surface area contributed by atoms with Gasteiger partial charge in [-0.3, -0.25) is 4.21 Å². The van der Waals surface area contributed by atoms with Crippen LogP contribution in [0.25, 0.3) is 0 Å². The molecule has 0 aliphatic rings. The van der Waals surface area contributed by atoms with Gasteiger partial charge in [-0.1, -0.05) is 13.8 Å². The molecular formula is C9H16ClN3OS. The normalized spacial score (nSPS) is 13.4. The Morgan fingerprint density at radius 1 is 1.47 bits per heavy atom. The molecule has 1 aromatic rings. The van der Waals surface area contributed by atoms with E-state index in [9.17, 15) is 4.21 Å². The third kappa shape index (κ3) is 3.57. The van der Waals surface area contributed by atoms with E-state index in [4.69, 9.17) is 11.6 Å². The summed E-state index contributed by atoms with van der Waals surface area (Å²) in [5, 5.41) is 8.27. The quantitative estimate of drug-likeness (QED) is 0.800. The molecule has 1 aromatic heterocycles. The molecule has 86 valence electrons. The first-order chi connectivity index (χ1) is 7.02. The lowest BCUT2D eigenvalue weighted by Crippen LogP contribution is -2.08. The Morgan fingerprint density at radius 2 is 2.13 bits per heavy atom. The van der Waals surface area contributed by atoms with Gasteiger partial charge in [0.2, 0.25) is 5.28 Å². The minimum atomic E-state index is -0.748. The van der Waals surface area contributed by atoms with Crippen LogP contribution in [0.5, 0.6) is 0 Å². The lowest BCUT2D eigenvalue weighted by molar-refractivity contribution is 0.609. The molecule has 1 unspecified atom stereocenters. The van der Waals surface area contributed by atoms with E-state index in [0.717, 1.165) is 18.8 Å². The molecule has 1 heterocycles. The van der Waals surface area contributed by atoms with Crippen LogP contribution in [-0.4, -0.2) is 31.0 Å². The average Bonchev–Trinajstić information content (AvgIpc) is 2.47. The predicted octanol–water partition coefficient (Wildman–Crippen LogP) is 1.82. The Labute approximate surface area is 97.5 Å². The monoisotopic (exact) mass is 249 g/mol. The second kappa shape index (κ2) is 5.61. The van der Waals surface area contributed by atoms with Gasteiger partial charge in [-0.2, -0.15) is 0 Å². The van der Waals surface area contributed by atoms with E-state index in [-0.39, 0.29) is 0 Å². The number of aromatic nitrogens is 3. The van der Waals surface area contributed by atoms with Crippen LogP contribution >= 0.6 is 11.6 Å². The Balaban J connectivity index is 2.66. The van der Waals surface area contributed by atoms with E-state index in [1.807, 2.05) is 4.57 Å². The summed E-state index contributed by atoms with van der Waals surface area (Å²) in [6.45, 7) is 4.84. The first kappa shape index (κ1) is 12.6. The van der Waals surface area contributed by atoms with Crippen LogP contribution in [0.1, 0.15) is 32.0 Å². The van der Waals surface area contributed by atoms with Gasteiger partial charge < -0.3 is 4.57 Å². The van der Waals surface area contributed by atoms with Crippen LogP contribution in [0.15, 0.2) is 0 Å². The van der Waals surface area contributed by atoms with Crippen molar-refractivity contribution in [2.24, 2.45) is 0 Å². The van der Waals surface area contributed by atoms with E-state index >= 15 is 0 Å². The van der Waals surface area contributed by atoms with Crippen molar-refractivity contribution in [1.82, 2.24) is 14.8 Å². The van der Waals surface area contributed by atoms with E-state index in [0.29, 0.717) is 17.0 Å². The second-order valence-corrected chi connectivity index (χ2v) is 5.66. The van der Waals surface area contributed by atoms with E-state index < -0.39 is 10.8 Å². The average molecular weight is 250 g/mol. The van der Waals surface area contributed by atoms with Gasteiger partial charge >= 0.3 is 0 Å². The highest BCUT2D eigenvalue weighted by Gasteiger charge is 2.12. The standard InChI is InChI=1S/C9H16ClN3OS/c1-7(2)8-11-12-9(10)13(8)5-4-6-15(3)14/h7H,4-6H2,1-3H3. The molecule has 0 radical (unpaired) electrons. The van der Waals surface area contributed by atoms with Crippen molar-refractivity contribution < 1.29 is 4.21 Å². The van der Waals surface area contributed by atoms with Crippen molar-refractivity contribution >= 4 is 22.4 Å². The zero-order valence-corrected chi connectivity index (χ0v) is 10.8. The van der Waals surface area contributed by atoms with E-state index in [1.54, 1.807) is 6.26 Å². The summed E-state index contributed by atoms with van der Waals surface area (Å²) in [6, 6.07) is 0. The Morgan fingerprint density at radius 3 is 2.67 bits per heavy atom. The largest absolute Gasteiger partial charge is 0.302 e. The van der Waals surface area contributed by atoms with Gasteiger partial charge in [0.25, 0.3) is 0 Å². The summed E-state index contributed by atoms with van der Waals surface area (Å²) in [4.78, 5) is 0. The lowest BCUT2D eigenvalue weighted by Gasteiger charge is -2.08. The third-order valence-corrected chi connectivity index (χ3v) is 3.21. The van der Waals surface area contributed by atoms with Crippen LogP contribution in [-0.2, 0) is 17.3 Å². The third-order valence-electron chi connectivity index (χ3n) is 2.06. The molecule has 0 amide bonds. The zero-order chi connectivity index (χ0) is 11.4. The number of nitrogens with zero attached hydrogens (tertiary/aromatic N) is 3. The minimum Gasteiger partial charge on any atom is -0.302 e. The molecule has 4 nitrogen and oxygen atoms in total. The van der Waals surface area contributed by atoms with Gasteiger partial charge in [-0.25, -0.2) is 0 Å². The maximum absolute atomic E-state index is 10.9. The molecule has 0 saturated heterocycles. The molecule has 0 aliphatic heterocycles. The van der Waals surface area contributed by atoms with E-state index in [1.165, 1.54) is 0 Å². The fraction of sp³-hybridized carbons (Fsp3) is 0.778. The molecule has 0 N–H and O–H groups in total. The topological polar surface area (TPSA) is 47.8 Å². The highest BCUT2D eigenvalue weighted by molar-refractivity contribution is 7.84. The van der Waals surface area contributed by atoms with Crippen molar-refractivity contribution in [2.45, 2.75) is 32.7 Å². The molecule has 0 bridgehead atoms. The smallest absolute Gasteiger partial charge is 0.225 e. The molecule has 1 atom stereocenters. The van der Waals surface area contributed by atoms with Crippen molar-refractivity contribution in [3.8, 4) is 0 Å². The molecule has 1 rings (SSSR count). The second-order valence-electron chi connectivity index (χ2n) is 3.76. The van der Waals surface area contributed by atoms with Gasteiger partial charge in [0.1, 0.15) is 5.82 Å². The van der Waals surface area contributed by atoms with Gasteiger partial charge in [0, 0.05) is 35.3 Å². The summed E-state index contributed by atoms with van der Waals surface area (Å²) in [7, 11) is -0.748. The molecule has 0 saturated carbocycles. The van der Waals surface area contributed by atoms with Crippen molar-refractivity contribution in [3.05, 3.63) is 11.1 Å². The maximum Gasteiger partial charge on any atom is 0.225 e. The van der Waals surface area contributed by atoms with Crippen LogP contribution in [0.4, 0.5) is 0 Å². The highest BCUT2D eigenvalue weighted by atomic mass is 35.5. The van der Waals surface area contributed by atoms with Gasteiger partial charge in [-0.05, 0) is 18.0 Å². The fourth-order valence-corrected chi connectivity index (χ4v) is 2.10. The lowest BCUT2D eigenvalue weighted by atomic mass is 10.2. The SMILES string of the molecule is CC(C)c1nnc(Cl)n1CCCS(C)=O. The number of hydrogen-bond acceptors (Lipinski definition) is 3. The minimum absolute atomic E-state index is 0.303. The van der Waals surface area contributed by atoms with Crippen LogP contribution in [0.2, 0.25) is 5.28 Å². The van der Waals surface area contributed by atoms with Crippen LogP contribution in [0, 0.1) is 0 Å². The first-order valence-corrected chi connectivity index (χ1v) is 7.01. The molecule has 0 aromatic carbocycles. The van der Waals surface area contributed by atoms with Crippen molar-refractivity contribution in [2.75, 3.05) is 12.0 Å². The maximum atomic E-state index is 10.9. The highest BCUT2D eigenvalue weighted by Crippen LogP contribution is 2.16. The van der Waals surface area contributed by atoms with Crippen LogP contribution < -0.4 is 0 Å². The first-order valence-electron chi connectivity index (χ1n) is 4.91. The number of halogens is 1. The molecule has 0 fully saturated rings. The molecule has 15 heavy (non-hydrogen) atoms. The number of hydrogen-bond donors (Lipinski definition) is 0. The zero-order valence-electron chi connectivity index (χ0n) is 9.23. The van der Waals surface area contributed by atoms with Crippen LogP contribution in [0.3, 0.4) is 0 Å². The summed E-state index contributed by atoms with van der Waals surface area (Å²) in [5.74, 6) is 1.88. The van der Waals surface area contributed by atoms with E-state index in [2.05, 4.69) is 24.0 Å². The summed E-state index contributed by atoms with van der Waals surface area (Å²) >= 11 is 5.92. The molecular weight excluding hydrogens is 234 g/mol. The summed E-state index contributed by atoms with van der Waals surface area (Å²) < 4.78 is 12.8. The number of rotatable bonds is 5. The Hall–Kier alpha value is -0.420. The summed E-state index contributed by atoms with van der Waals surface area (Å²) in [5.41, 5.74) is 0. The Bertz CT molecular complexity index is 351. The predicted molar refractivity (Wildman–Crippen MR) is 62.7 cm³/mol. The molecule has 0 spiro atoms. The van der Waals surface area contributed by atoms with Gasteiger partial charge in [0.05, 0.1) is 0 Å². The summed E-state index contributed by atoms with van der Waals surface area (Å²) in [6.07, 6.45) is 2.54. The van der Waals surface area contributed by atoms with Gasteiger partial charge in [0.15, 0.2) is 0 Å². The fourth-order valence-electron chi connectivity index (χ4n) is 1.35. The van der Waals surface area contributed by atoms with Crippen molar-refractivity contribution in [3.63, 3.8) is 0 Å². The Kier molecular flexibility index (Phi) is 4.73.